The summed E-state index contributed by atoms with van der Waals surface area (Å²) in [6, 6.07) is 15.5. The highest BCUT2D eigenvalue weighted by Crippen LogP contribution is 2.25. The first-order chi connectivity index (χ1) is 12.6. The summed E-state index contributed by atoms with van der Waals surface area (Å²) in [5.74, 6) is -1.04. The summed E-state index contributed by atoms with van der Waals surface area (Å²) >= 11 is 0. The van der Waals surface area contributed by atoms with Gasteiger partial charge in [0.15, 0.2) is 11.6 Å². The summed E-state index contributed by atoms with van der Waals surface area (Å²) in [7, 11) is 0. The zero-order valence-electron chi connectivity index (χ0n) is 14.6. The van der Waals surface area contributed by atoms with Gasteiger partial charge in [0.05, 0.1) is 11.4 Å². The zero-order chi connectivity index (χ0) is 18.5. The van der Waals surface area contributed by atoms with E-state index in [1.54, 1.807) is 6.07 Å². The van der Waals surface area contributed by atoms with Crippen molar-refractivity contribution in [1.29, 1.82) is 0 Å². The molecule has 0 radical (unpaired) electrons. The second-order valence-corrected chi connectivity index (χ2v) is 6.01. The molecule has 1 atom stereocenters. The Balaban J connectivity index is 2.00. The summed E-state index contributed by atoms with van der Waals surface area (Å²) < 4.78 is 27.4. The van der Waals surface area contributed by atoms with E-state index in [0.717, 1.165) is 18.1 Å². The predicted octanol–water partition coefficient (Wildman–Crippen LogP) is 5.38. The lowest BCUT2D eigenvalue weighted by Crippen LogP contribution is -2.16. The lowest BCUT2D eigenvalue weighted by molar-refractivity contribution is 0.511. The standard InChI is InChI=1S/C20H20F2N4/c1-3-13(2)23-20-25-17(14-8-5-4-6-9-14)12-18(26-20)24-16-11-7-10-15(21)19(16)22/h4-13H,3H2,1-2H3,(H2,23,24,25,26)/t13-/m0/s1. The van der Waals surface area contributed by atoms with Gasteiger partial charge in [0, 0.05) is 17.7 Å². The van der Waals surface area contributed by atoms with Gasteiger partial charge in [0.2, 0.25) is 5.95 Å². The number of benzene rings is 2. The normalized spacial score (nSPS) is 11.8. The minimum absolute atomic E-state index is 0.0252. The molecular formula is C20H20F2N4. The molecule has 134 valence electrons. The topological polar surface area (TPSA) is 49.8 Å². The molecule has 0 bridgehead atoms. The van der Waals surface area contributed by atoms with Crippen molar-refractivity contribution in [1.82, 2.24) is 9.97 Å². The molecular weight excluding hydrogens is 334 g/mol. The van der Waals surface area contributed by atoms with Crippen molar-refractivity contribution in [2.45, 2.75) is 26.3 Å². The highest BCUT2D eigenvalue weighted by Gasteiger charge is 2.12. The molecule has 6 heteroatoms. The fourth-order valence-corrected chi connectivity index (χ4v) is 2.39. The van der Waals surface area contributed by atoms with Crippen molar-refractivity contribution in [3.05, 3.63) is 66.2 Å². The number of nitrogens with one attached hydrogen (secondary N) is 2. The Morgan fingerprint density at radius 1 is 1.00 bits per heavy atom. The van der Waals surface area contributed by atoms with Crippen molar-refractivity contribution in [3.8, 4) is 11.3 Å². The minimum atomic E-state index is -0.941. The molecule has 0 unspecified atom stereocenters. The van der Waals surface area contributed by atoms with Gasteiger partial charge >= 0.3 is 0 Å². The van der Waals surface area contributed by atoms with Gasteiger partial charge in [0.1, 0.15) is 5.82 Å². The Morgan fingerprint density at radius 2 is 1.77 bits per heavy atom. The Morgan fingerprint density at radius 3 is 2.50 bits per heavy atom. The summed E-state index contributed by atoms with van der Waals surface area (Å²) in [4.78, 5) is 8.93. The largest absolute Gasteiger partial charge is 0.352 e. The lowest BCUT2D eigenvalue weighted by atomic mass is 10.1. The maximum absolute atomic E-state index is 14.0. The van der Waals surface area contributed by atoms with Gasteiger partial charge in [0.25, 0.3) is 0 Å². The number of anilines is 3. The van der Waals surface area contributed by atoms with E-state index < -0.39 is 11.6 Å². The van der Waals surface area contributed by atoms with E-state index in [1.165, 1.54) is 12.1 Å². The first kappa shape index (κ1) is 17.8. The van der Waals surface area contributed by atoms with Crippen LogP contribution in [0, 0.1) is 11.6 Å². The first-order valence-corrected chi connectivity index (χ1v) is 8.49. The van der Waals surface area contributed by atoms with Gasteiger partial charge in [-0.25, -0.2) is 13.8 Å². The van der Waals surface area contributed by atoms with Gasteiger partial charge in [-0.3, -0.25) is 0 Å². The highest BCUT2D eigenvalue weighted by atomic mass is 19.2. The molecule has 3 aromatic rings. The molecule has 0 fully saturated rings. The molecule has 0 aliphatic rings. The number of aromatic nitrogens is 2. The van der Waals surface area contributed by atoms with E-state index >= 15 is 0 Å². The Bertz CT molecular complexity index is 884. The van der Waals surface area contributed by atoms with E-state index in [0.29, 0.717) is 17.5 Å². The summed E-state index contributed by atoms with van der Waals surface area (Å²) in [5, 5.41) is 6.07. The Labute approximate surface area is 151 Å². The van der Waals surface area contributed by atoms with Gasteiger partial charge < -0.3 is 10.6 Å². The predicted molar refractivity (Wildman–Crippen MR) is 100 cm³/mol. The number of nitrogens with zero attached hydrogens (tertiary/aromatic N) is 2. The second-order valence-electron chi connectivity index (χ2n) is 6.01. The van der Waals surface area contributed by atoms with Crippen molar-refractivity contribution in [3.63, 3.8) is 0 Å². The summed E-state index contributed by atoms with van der Waals surface area (Å²) in [6.45, 7) is 4.08. The van der Waals surface area contributed by atoms with Crippen LogP contribution in [0.15, 0.2) is 54.6 Å². The number of rotatable bonds is 6. The van der Waals surface area contributed by atoms with Crippen LogP contribution in [-0.2, 0) is 0 Å². The minimum Gasteiger partial charge on any atom is -0.352 e. The van der Waals surface area contributed by atoms with Crippen molar-refractivity contribution in [2.75, 3.05) is 10.6 Å². The zero-order valence-corrected chi connectivity index (χ0v) is 14.6. The lowest BCUT2D eigenvalue weighted by Gasteiger charge is -2.15. The number of hydrogen-bond acceptors (Lipinski definition) is 4. The summed E-state index contributed by atoms with van der Waals surface area (Å²) in [5.41, 5.74) is 1.62. The molecule has 0 saturated carbocycles. The third kappa shape index (κ3) is 4.14. The van der Waals surface area contributed by atoms with Crippen LogP contribution in [-0.4, -0.2) is 16.0 Å². The molecule has 2 aromatic carbocycles. The molecule has 0 aliphatic heterocycles. The van der Waals surface area contributed by atoms with Crippen molar-refractivity contribution in [2.24, 2.45) is 0 Å². The highest BCUT2D eigenvalue weighted by molar-refractivity contribution is 5.67. The molecule has 3 rings (SSSR count). The number of halogens is 2. The van der Waals surface area contributed by atoms with Gasteiger partial charge in [-0.1, -0.05) is 43.3 Å². The molecule has 1 aromatic heterocycles. The monoisotopic (exact) mass is 354 g/mol. The van der Waals surface area contributed by atoms with Crippen LogP contribution >= 0.6 is 0 Å². The first-order valence-electron chi connectivity index (χ1n) is 8.49. The Hall–Kier alpha value is -3.02. The van der Waals surface area contributed by atoms with Crippen LogP contribution in [0.1, 0.15) is 20.3 Å². The maximum Gasteiger partial charge on any atom is 0.225 e. The quantitative estimate of drug-likeness (QED) is 0.624. The molecule has 0 aliphatic carbocycles. The van der Waals surface area contributed by atoms with Crippen LogP contribution in [0.25, 0.3) is 11.3 Å². The molecule has 0 amide bonds. The van der Waals surface area contributed by atoms with E-state index in [4.69, 9.17) is 0 Å². The summed E-state index contributed by atoms with van der Waals surface area (Å²) in [6.07, 6.45) is 0.903. The van der Waals surface area contributed by atoms with Crippen molar-refractivity contribution >= 4 is 17.5 Å². The fourth-order valence-electron chi connectivity index (χ4n) is 2.39. The van der Waals surface area contributed by atoms with E-state index in [2.05, 4.69) is 27.5 Å². The molecule has 4 nitrogen and oxygen atoms in total. The van der Waals surface area contributed by atoms with Crippen LogP contribution in [0.5, 0.6) is 0 Å². The maximum atomic E-state index is 14.0. The second kappa shape index (κ2) is 7.91. The number of hydrogen-bond donors (Lipinski definition) is 2. The molecule has 0 spiro atoms. The van der Waals surface area contributed by atoms with Crippen LogP contribution < -0.4 is 10.6 Å². The molecule has 1 heterocycles. The van der Waals surface area contributed by atoms with Crippen LogP contribution in [0.4, 0.5) is 26.2 Å². The SMILES string of the molecule is CC[C@H](C)Nc1nc(Nc2cccc(F)c2F)cc(-c2ccccc2)n1. The van der Waals surface area contributed by atoms with Crippen LogP contribution in [0.2, 0.25) is 0 Å². The molecule has 26 heavy (non-hydrogen) atoms. The average Bonchev–Trinajstić information content (AvgIpc) is 2.66. The fraction of sp³-hybridized carbons (Fsp3) is 0.200. The van der Waals surface area contributed by atoms with E-state index in [-0.39, 0.29) is 11.7 Å². The average molecular weight is 354 g/mol. The Kier molecular flexibility index (Phi) is 5.41. The van der Waals surface area contributed by atoms with Gasteiger partial charge in [-0.05, 0) is 25.5 Å². The van der Waals surface area contributed by atoms with Crippen molar-refractivity contribution < 1.29 is 8.78 Å². The van der Waals surface area contributed by atoms with E-state index in [9.17, 15) is 8.78 Å². The third-order valence-corrected chi connectivity index (χ3v) is 4.00. The third-order valence-electron chi connectivity index (χ3n) is 4.00. The van der Waals surface area contributed by atoms with Gasteiger partial charge in [-0.2, -0.15) is 4.98 Å². The van der Waals surface area contributed by atoms with Crippen LogP contribution in [0.3, 0.4) is 0 Å². The van der Waals surface area contributed by atoms with E-state index in [1.807, 2.05) is 37.3 Å². The smallest absolute Gasteiger partial charge is 0.225 e. The molecule has 2 N–H and O–H groups in total. The van der Waals surface area contributed by atoms with Gasteiger partial charge in [-0.15, -0.1) is 0 Å². The molecule has 0 saturated heterocycles.